The van der Waals surface area contributed by atoms with Gasteiger partial charge in [0.25, 0.3) is 0 Å². The Labute approximate surface area is 112 Å². The van der Waals surface area contributed by atoms with E-state index in [-0.39, 0.29) is 0 Å². The highest BCUT2D eigenvalue weighted by Gasteiger charge is 2.09. The molecule has 6 nitrogen and oxygen atoms in total. The van der Waals surface area contributed by atoms with Gasteiger partial charge in [0.2, 0.25) is 5.88 Å². The van der Waals surface area contributed by atoms with Gasteiger partial charge < -0.3 is 15.1 Å². The van der Waals surface area contributed by atoms with Gasteiger partial charge in [-0.3, -0.25) is 4.90 Å². The fourth-order valence-electron chi connectivity index (χ4n) is 1.66. The van der Waals surface area contributed by atoms with Crippen molar-refractivity contribution in [3.8, 4) is 0 Å². The molecule has 0 aliphatic rings. The lowest BCUT2D eigenvalue weighted by Gasteiger charge is -2.15. The normalized spacial score (nSPS) is 10.5. The topological polar surface area (TPSA) is 66.2 Å². The van der Waals surface area contributed by atoms with Gasteiger partial charge >= 0.3 is 0 Å². The molecule has 102 valence electrons. The van der Waals surface area contributed by atoms with Gasteiger partial charge in [0, 0.05) is 32.3 Å². The first-order valence-corrected chi connectivity index (χ1v) is 6.21. The third-order valence-corrected chi connectivity index (χ3v) is 2.73. The predicted molar refractivity (Wildman–Crippen MR) is 76.0 cm³/mol. The second-order valence-corrected chi connectivity index (χ2v) is 4.24. The van der Waals surface area contributed by atoms with E-state index in [1.807, 2.05) is 44.1 Å². The van der Waals surface area contributed by atoms with Crippen molar-refractivity contribution in [2.24, 2.45) is 0 Å². The van der Waals surface area contributed by atoms with Gasteiger partial charge in [-0.1, -0.05) is 0 Å². The molecule has 2 rings (SSSR count). The Morgan fingerprint density at radius 1 is 1.26 bits per heavy atom. The monoisotopic (exact) mass is 261 g/mol. The molecular weight excluding hydrogens is 242 g/mol. The molecule has 0 spiro atoms. The zero-order chi connectivity index (χ0) is 13.7. The summed E-state index contributed by atoms with van der Waals surface area (Å²) in [6.45, 7) is 3.62. The Kier molecular flexibility index (Phi) is 4.35. The summed E-state index contributed by atoms with van der Waals surface area (Å²) in [5, 5.41) is 6.30. The average Bonchev–Trinajstić information content (AvgIpc) is 2.85. The number of nitrogens with zero attached hydrogens (tertiary/aromatic N) is 3. The zero-order valence-corrected chi connectivity index (χ0v) is 11.5. The highest BCUT2D eigenvalue weighted by Crippen LogP contribution is 2.24. The highest BCUT2D eigenvalue weighted by molar-refractivity contribution is 5.57. The average molecular weight is 261 g/mol. The van der Waals surface area contributed by atoms with Crippen molar-refractivity contribution >= 4 is 17.5 Å². The van der Waals surface area contributed by atoms with Crippen molar-refractivity contribution in [3.63, 3.8) is 0 Å². The molecule has 2 heterocycles. The summed E-state index contributed by atoms with van der Waals surface area (Å²) < 4.78 is 5.57. The van der Waals surface area contributed by atoms with Crippen LogP contribution >= 0.6 is 0 Å². The van der Waals surface area contributed by atoms with Gasteiger partial charge in [0.05, 0.1) is 0 Å². The molecule has 2 N–H and O–H groups in total. The van der Waals surface area contributed by atoms with E-state index in [4.69, 9.17) is 4.42 Å². The van der Waals surface area contributed by atoms with Gasteiger partial charge in [-0.2, -0.15) is 0 Å². The second kappa shape index (κ2) is 6.19. The van der Waals surface area contributed by atoms with Crippen LogP contribution in [0, 0.1) is 6.92 Å². The number of aryl methyl sites for hydroxylation is 1. The number of nitrogens with one attached hydrogen (secondary N) is 2. The lowest BCUT2D eigenvalue weighted by Crippen LogP contribution is -2.18. The van der Waals surface area contributed by atoms with Gasteiger partial charge in [-0.15, -0.1) is 0 Å². The highest BCUT2D eigenvalue weighted by atomic mass is 16.4. The number of hydrogen-bond donors (Lipinski definition) is 2. The first-order valence-electron chi connectivity index (χ1n) is 6.21. The molecule has 0 fully saturated rings. The van der Waals surface area contributed by atoms with E-state index in [0.717, 1.165) is 36.4 Å². The van der Waals surface area contributed by atoms with Gasteiger partial charge in [-0.05, 0) is 20.0 Å². The molecule has 0 unspecified atom stereocenters. The molecule has 19 heavy (non-hydrogen) atoms. The van der Waals surface area contributed by atoms with Gasteiger partial charge in [0.1, 0.15) is 23.7 Å². The summed E-state index contributed by atoms with van der Waals surface area (Å²) >= 11 is 0. The van der Waals surface area contributed by atoms with Crippen LogP contribution in [0.1, 0.15) is 5.76 Å². The molecule has 2 aromatic heterocycles. The molecule has 0 amide bonds. The summed E-state index contributed by atoms with van der Waals surface area (Å²) in [6.07, 6.45) is 1.54. The van der Waals surface area contributed by atoms with Crippen molar-refractivity contribution in [1.82, 2.24) is 15.3 Å². The number of likely N-dealkylation sites (N-methyl/N-ethyl adjacent to an activating group) is 1. The summed E-state index contributed by atoms with van der Waals surface area (Å²) in [6, 6.07) is 5.75. The lowest BCUT2D eigenvalue weighted by molar-refractivity contribution is 0.537. The van der Waals surface area contributed by atoms with Crippen LogP contribution in [-0.2, 0) is 0 Å². The third-order valence-electron chi connectivity index (χ3n) is 2.73. The first-order chi connectivity index (χ1) is 9.20. The van der Waals surface area contributed by atoms with Crippen LogP contribution in [0.5, 0.6) is 0 Å². The molecule has 0 aliphatic carbocycles. The Bertz CT molecular complexity index is 525. The lowest BCUT2D eigenvalue weighted by atomic mass is 10.4. The zero-order valence-electron chi connectivity index (χ0n) is 11.5. The standard InChI is InChI=1S/C13H19N5O/c1-10-4-5-13(19-10)18(3)12-8-11(16-9-17-12)15-7-6-14-2/h4-5,8-9,14H,6-7H2,1-3H3,(H,15,16,17). The van der Waals surface area contributed by atoms with Crippen molar-refractivity contribution in [1.29, 1.82) is 0 Å². The van der Waals surface area contributed by atoms with Crippen molar-refractivity contribution in [2.45, 2.75) is 6.92 Å². The Hall–Kier alpha value is -2.08. The van der Waals surface area contributed by atoms with Crippen LogP contribution in [0.2, 0.25) is 0 Å². The Balaban J connectivity index is 2.09. The quantitative estimate of drug-likeness (QED) is 0.773. The molecule has 0 aromatic carbocycles. The smallest absolute Gasteiger partial charge is 0.200 e. The number of anilines is 3. The summed E-state index contributed by atoms with van der Waals surface area (Å²) in [5.41, 5.74) is 0. The van der Waals surface area contributed by atoms with Crippen molar-refractivity contribution in [2.75, 3.05) is 37.4 Å². The number of hydrogen-bond acceptors (Lipinski definition) is 6. The number of rotatable bonds is 6. The second-order valence-electron chi connectivity index (χ2n) is 4.24. The van der Waals surface area contributed by atoms with Crippen LogP contribution in [-0.4, -0.2) is 37.2 Å². The van der Waals surface area contributed by atoms with Crippen molar-refractivity contribution in [3.05, 3.63) is 30.3 Å². The first kappa shape index (κ1) is 13.4. The van der Waals surface area contributed by atoms with E-state index in [2.05, 4.69) is 20.6 Å². The van der Waals surface area contributed by atoms with Crippen LogP contribution < -0.4 is 15.5 Å². The van der Waals surface area contributed by atoms with Crippen LogP contribution in [0.25, 0.3) is 0 Å². The maximum atomic E-state index is 5.57. The molecule has 6 heteroatoms. The van der Waals surface area contributed by atoms with E-state index >= 15 is 0 Å². The van der Waals surface area contributed by atoms with E-state index < -0.39 is 0 Å². The summed E-state index contributed by atoms with van der Waals surface area (Å²) in [4.78, 5) is 10.3. The molecule has 0 saturated heterocycles. The summed E-state index contributed by atoms with van der Waals surface area (Å²) in [7, 11) is 3.83. The third kappa shape index (κ3) is 3.45. The predicted octanol–water partition coefficient (Wildman–Crippen LogP) is 1.78. The Morgan fingerprint density at radius 3 is 2.79 bits per heavy atom. The minimum absolute atomic E-state index is 0.761. The maximum Gasteiger partial charge on any atom is 0.200 e. The minimum Gasteiger partial charge on any atom is -0.445 e. The number of aromatic nitrogens is 2. The maximum absolute atomic E-state index is 5.57. The minimum atomic E-state index is 0.761. The van der Waals surface area contributed by atoms with Gasteiger partial charge in [0.15, 0.2) is 0 Å². The van der Waals surface area contributed by atoms with Gasteiger partial charge in [-0.25, -0.2) is 9.97 Å². The molecule has 0 aliphatic heterocycles. The van der Waals surface area contributed by atoms with E-state index in [1.165, 1.54) is 0 Å². The largest absolute Gasteiger partial charge is 0.445 e. The van der Waals surface area contributed by atoms with Crippen LogP contribution in [0.3, 0.4) is 0 Å². The number of furan rings is 1. The fourth-order valence-corrected chi connectivity index (χ4v) is 1.66. The molecule has 2 aromatic rings. The summed E-state index contributed by atoms with van der Waals surface area (Å²) in [5.74, 6) is 3.23. The van der Waals surface area contributed by atoms with Crippen LogP contribution in [0.15, 0.2) is 28.9 Å². The molecule has 0 radical (unpaired) electrons. The van der Waals surface area contributed by atoms with E-state index in [0.29, 0.717) is 0 Å². The fraction of sp³-hybridized carbons (Fsp3) is 0.385. The Morgan fingerprint density at radius 2 is 2.11 bits per heavy atom. The van der Waals surface area contributed by atoms with E-state index in [1.54, 1.807) is 6.33 Å². The molecule has 0 saturated carbocycles. The SMILES string of the molecule is CNCCNc1cc(N(C)c2ccc(C)o2)ncn1. The molecule has 0 atom stereocenters. The van der Waals surface area contributed by atoms with E-state index in [9.17, 15) is 0 Å². The molecular formula is C13H19N5O. The molecule has 0 bridgehead atoms. The van der Waals surface area contributed by atoms with Crippen LogP contribution in [0.4, 0.5) is 17.5 Å². The van der Waals surface area contributed by atoms with Crippen molar-refractivity contribution < 1.29 is 4.42 Å².